The quantitative estimate of drug-likeness (QED) is 0.734. The number of nitrogen functional groups attached to an aromatic ring is 1. The van der Waals surface area contributed by atoms with Gasteiger partial charge in [0.05, 0.1) is 13.2 Å². The lowest BCUT2D eigenvalue weighted by Crippen LogP contribution is -2.38. The molecule has 4 rings (SSSR count). The summed E-state index contributed by atoms with van der Waals surface area (Å²) in [7, 11) is 0. The Morgan fingerprint density at radius 3 is 2.23 bits per heavy atom. The van der Waals surface area contributed by atoms with Gasteiger partial charge in [-0.2, -0.15) is 4.98 Å². The number of aromatic nitrogens is 2. The minimum atomic E-state index is -0.140. The number of nitrogens with zero attached hydrogens (tertiary/aromatic N) is 3. The Bertz CT molecular complexity index is 900. The highest BCUT2D eigenvalue weighted by atomic mass is 16.5. The van der Waals surface area contributed by atoms with E-state index < -0.39 is 0 Å². The minimum absolute atomic E-state index is 0.140. The third-order valence-electron chi connectivity index (χ3n) is 4.45. The second kappa shape index (κ2) is 7.01. The zero-order valence-electron chi connectivity index (χ0n) is 14.3. The van der Waals surface area contributed by atoms with Crippen molar-refractivity contribution in [3.63, 3.8) is 0 Å². The fraction of sp³-hybridized carbons (Fsp3) is 0.200. The van der Waals surface area contributed by atoms with E-state index in [1.54, 1.807) is 12.1 Å². The van der Waals surface area contributed by atoms with E-state index in [4.69, 9.17) is 10.5 Å². The number of carbonyl (C=O) groups is 1. The molecular formula is C20H20N4O2. The van der Waals surface area contributed by atoms with E-state index in [0.717, 1.165) is 5.69 Å². The van der Waals surface area contributed by atoms with Crippen LogP contribution in [0, 0.1) is 0 Å². The van der Waals surface area contributed by atoms with Crippen LogP contribution in [0.1, 0.15) is 16.1 Å². The summed E-state index contributed by atoms with van der Waals surface area (Å²) in [6, 6.07) is 18.9. The maximum atomic E-state index is 13.2. The van der Waals surface area contributed by atoms with Crippen molar-refractivity contribution in [2.45, 2.75) is 0 Å². The van der Waals surface area contributed by atoms with Crippen LogP contribution in [0.25, 0.3) is 5.69 Å². The Hall–Kier alpha value is -3.12. The molecule has 0 unspecified atom stereocenters. The molecule has 1 aliphatic heterocycles. The number of hydrogen-bond donors (Lipinski definition) is 1. The van der Waals surface area contributed by atoms with Crippen molar-refractivity contribution >= 4 is 17.5 Å². The second-order valence-corrected chi connectivity index (χ2v) is 6.11. The highest BCUT2D eigenvalue weighted by molar-refractivity contribution is 6.11. The molecule has 1 aliphatic rings. The van der Waals surface area contributed by atoms with Gasteiger partial charge < -0.3 is 15.4 Å². The van der Waals surface area contributed by atoms with Crippen LogP contribution in [0.4, 0.5) is 11.8 Å². The number of hydrogen-bond acceptors (Lipinski definition) is 5. The maximum Gasteiger partial charge on any atom is 0.213 e. The maximum absolute atomic E-state index is 13.2. The van der Waals surface area contributed by atoms with E-state index in [9.17, 15) is 4.79 Å². The first-order valence-electron chi connectivity index (χ1n) is 8.62. The summed E-state index contributed by atoms with van der Waals surface area (Å²) >= 11 is 0. The standard InChI is InChI=1S/C20H20N4O2/c21-19-17(18(25)15-7-3-1-4-8-15)24(16-9-5-2-6-10-16)20(22-19)23-11-13-26-14-12-23/h1-10H,11-14,21H2. The van der Waals surface area contributed by atoms with Crippen molar-refractivity contribution < 1.29 is 9.53 Å². The second-order valence-electron chi connectivity index (χ2n) is 6.11. The number of carbonyl (C=O) groups excluding carboxylic acids is 1. The average molecular weight is 348 g/mol. The van der Waals surface area contributed by atoms with Crippen LogP contribution >= 0.6 is 0 Å². The van der Waals surface area contributed by atoms with Crippen LogP contribution < -0.4 is 10.6 Å². The van der Waals surface area contributed by atoms with Gasteiger partial charge in [-0.3, -0.25) is 9.36 Å². The topological polar surface area (TPSA) is 73.4 Å². The summed E-state index contributed by atoms with van der Waals surface area (Å²) in [5.41, 5.74) is 8.05. The molecule has 0 atom stereocenters. The Kier molecular flexibility index (Phi) is 4.41. The summed E-state index contributed by atoms with van der Waals surface area (Å²) in [5, 5.41) is 0. The highest BCUT2D eigenvalue weighted by Gasteiger charge is 2.27. The van der Waals surface area contributed by atoms with Crippen molar-refractivity contribution in [1.29, 1.82) is 0 Å². The van der Waals surface area contributed by atoms with Gasteiger partial charge in [0.15, 0.2) is 5.82 Å². The lowest BCUT2D eigenvalue weighted by Gasteiger charge is -2.28. The van der Waals surface area contributed by atoms with E-state index >= 15 is 0 Å². The van der Waals surface area contributed by atoms with Gasteiger partial charge in [0.1, 0.15) is 5.69 Å². The van der Waals surface area contributed by atoms with Gasteiger partial charge in [0.25, 0.3) is 0 Å². The third kappa shape index (κ3) is 2.95. The van der Waals surface area contributed by atoms with Crippen molar-refractivity contribution in [3.05, 3.63) is 71.9 Å². The fourth-order valence-electron chi connectivity index (χ4n) is 3.17. The molecule has 0 spiro atoms. The van der Waals surface area contributed by atoms with E-state index in [2.05, 4.69) is 9.88 Å². The van der Waals surface area contributed by atoms with Gasteiger partial charge in [-0.15, -0.1) is 0 Å². The number of benzene rings is 2. The molecule has 3 aromatic rings. The average Bonchev–Trinajstić information content (AvgIpc) is 3.06. The van der Waals surface area contributed by atoms with Crippen molar-refractivity contribution in [3.8, 4) is 5.69 Å². The monoisotopic (exact) mass is 348 g/mol. The molecule has 0 aliphatic carbocycles. The molecule has 2 heterocycles. The Morgan fingerprint density at radius 2 is 1.58 bits per heavy atom. The van der Waals surface area contributed by atoms with E-state index in [0.29, 0.717) is 43.5 Å². The molecule has 6 nitrogen and oxygen atoms in total. The Labute approximate surface area is 151 Å². The van der Waals surface area contributed by atoms with Crippen LogP contribution in [0.15, 0.2) is 60.7 Å². The number of rotatable bonds is 4. The van der Waals surface area contributed by atoms with Crippen LogP contribution in [-0.4, -0.2) is 41.6 Å². The Morgan fingerprint density at radius 1 is 0.962 bits per heavy atom. The number of morpholine rings is 1. The van der Waals surface area contributed by atoms with Gasteiger partial charge in [-0.25, -0.2) is 0 Å². The molecule has 26 heavy (non-hydrogen) atoms. The molecule has 1 saturated heterocycles. The molecule has 2 N–H and O–H groups in total. The number of anilines is 2. The SMILES string of the molecule is Nc1nc(N2CCOCC2)n(-c2ccccc2)c1C(=O)c1ccccc1. The lowest BCUT2D eigenvalue weighted by atomic mass is 10.1. The van der Waals surface area contributed by atoms with E-state index in [1.165, 1.54) is 0 Å². The number of ketones is 1. The molecule has 0 saturated carbocycles. The lowest BCUT2D eigenvalue weighted by molar-refractivity contribution is 0.103. The largest absolute Gasteiger partial charge is 0.382 e. The number of ether oxygens (including phenoxy) is 1. The highest BCUT2D eigenvalue weighted by Crippen LogP contribution is 2.29. The molecule has 0 bridgehead atoms. The molecule has 0 radical (unpaired) electrons. The third-order valence-corrected chi connectivity index (χ3v) is 4.45. The summed E-state index contributed by atoms with van der Waals surface area (Å²) < 4.78 is 7.30. The van der Waals surface area contributed by atoms with Crippen molar-refractivity contribution in [1.82, 2.24) is 9.55 Å². The van der Waals surface area contributed by atoms with Crippen LogP contribution in [0.5, 0.6) is 0 Å². The van der Waals surface area contributed by atoms with E-state index in [1.807, 2.05) is 53.1 Å². The van der Waals surface area contributed by atoms with Gasteiger partial charge in [-0.1, -0.05) is 48.5 Å². The molecular weight excluding hydrogens is 328 g/mol. The Balaban J connectivity index is 1.88. The van der Waals surface area contributed by atoms with Crippen LogP contribution in [0.3, 0.4) is 0 Å². The van der Waals surface area contributed by atoms with Crippen molar-refractivity contribution in [2.24, 2.45) is 0 Å². The zero-order chi connectivity index (χ0) is 17.9. The summed E-state index contributed by atoms with van der Waals surface area (Å²) in [4.78, 5) is 19.8. The first-order chi connectivity index (χ1) is 12.8. The molecule has 0 amide bonds. The smallest absolute Gasteiger partial charge is 0.213 e. The van der Waals surface area contributed by atoms with Gasteiger partial charge >= 0.3 is 0 Å². The normalized spacial score (nSPS) is 14.4. The molecule has 1 fully saturated rings. The molecule has 132 valence electrons. The summed E-state index contributed by atoms with van der Waals surface area (Å²) in [5.74, 6) is 0.777. The number of para-hydroxylation sites is 1. The first kappa shape index (κ1) is 16.4. The van der Waals surface area contributed by atoms with Gasteiger partial charge in [0, 0.05) is 24.3 Å². The van der Waals surface area contributed by atoms with Gasteiger partial charge in [-0.05, 0) is 12.1 Å². The summed E-state index contributed by atoms with van der Waals surface area (Å²) in [6.45, 7) is 2.68. The van der Waals surface area contributed by atoms with Crippen LogP contribution in [-0.2, 0) is 4.74 Å². The predicted octanol–water partition coefficient (Wildman–Crippen LogP) is 2.52. The van der Waals surface area contributed by atoms with Gasteiger partial charge in [0.2, 0.25) is 11.7 Å². The zero-order valence-corrected chi connectivity index (χ0v) is 14.3. The van der Waals surface area contributed by atoms with Crippen LogP contribution in [0.2, 0.25) is 0 Å². The predicted molar refractivity (Wildman–Crippen MR) is 101 cm³/mol. The minimum Gasteiger partial charge on any atom is -0.382 e. The van der Waals surface area contributed by atoms with E-state index in [-0.39, 0.29) is 11.6 Å². The first-order valence-corrected chi connectivity index (χ1v) is 8.62. The molecule has 2 aromatic carbocycles. The number of imidazole rings is 1. The fourth-order valence-corrected chi connectivity index (χ4v) is 3.17. The molecule has 6 heteroatoms. The summed E-state index contributed by atoms with van der Waals surface area (Å²) in [6.07, 6.45) is 0. The molecule has 1 aromatic heterocycles. The number of nitrogens with two attached hydrogens (primary N) is 1. The van der Waals surface area contributed by atoms with Crippen molar-refractivity contribution in [2.75, 3.05) is 36.9 Å².